The Balaban J connectivity index is 1.59. The molecule has 1 amide bonds. The maximum absolute atomic E-state index is 13.5. The van der Waals surface area contributed by atoms with Gasteiger partial charge in [-0.15, -0.1) is 0 Å². The van der Waals surface area contributed by atoms with Gasteiger partial charge in [0.25, 0.3) is 5.91 Å². The number of amides is 1. The van der Waals surface area contributed by atoms with Gasteiger partial charge in [-0.2, -0.15) is 5.26 Å². The molecule has 0 N–H and O–H groups in total. The SMILES string of the molecule is N#CCCN(C(=O)COC(=O)COc1ccccc1F)c1ccc2c(c1)OCCO2. The molecule has 0 radical (unpaired) electrons. The van der Waals surface area contributed by atoms with Crippen LogP contribution in [0, 0.1) is 17.1 Å². The van der Waals surface area contributed by atoms with Gasteiger partial charge in [-0.05, 0) is 24.3 Å². The summed E-state index contributed by atoms with van der Waals surface area (Å²) in [6, 6.07) is 12.6. The van der Waals surface area contributed by atoms with Gasteiger partial charge in [-0.3, -0.25) is 4.79 Å². The first kappa shape index (κ1) is 20.9. The predicted molar refractivity (Wildman–Crippen MR) is 103 cm³/mol. The van der Waals surface area contributed by atoms with Crippen LogP contribution in [-0.4, -0.2) is 44.8 Å². The van der Waals surface area contributed by atoms with Gasteiger partial charge in [0, 0.05) is 18.3 Å². The minimum absolute atomic E-state index is 0.0878. The van der Waals surface area contributed by atoms with E-state index in [0.29, 0.717) is 30.4 Å². The average Bonchev–Trinajstić information content (AvgIpc) is 2.77. The Morgan fingerprint density at radius 3 is 2.63 bits per heavy atom. The summed E-state index contributed by atoms with van der Waals surface area (Å²) in [4.78, 5) is 25.8. The van der Waals surface area contributed by atoms with Gasteiger partial charge in [0.05, 0.1) is 12.5 Å². The third kappa shape index (κ3) is 5.38. The highest BCUT2D eigenvalue weighted by molar-refractivity contribution is 5.95. The average molecular weight is 414 g/mol. The van der Waals surface area contributed by atoms with Crippen LogP contribution in [0.3, 0.4) is 0 Å². The molecular weight excluding hydrogens is 395 g/mol. The molecule has 0 bridgehead atoms. The second kappa shape index (κ2) is 10.1. The topological polar surface area (TPSA) is 98.1 Å². The number of para-hydroxylation sites is 1. The number of nitrogens with zero attached hydrogens (tertiary/aromatic N) is 2. The third-order valence-corrected chi connectivity index (χ3v) is 4.12. The molecule has 0 saturated heterocycles. The van der Waals surface area contributed by atoms with E-state index in [2.05, 4.69) is 0 Å². The summed E-state index contributed by atoms with van der Waals surface area (Å²) in [5.41, 5.74) is 0.484. The fraction of sp³-hybridized carbons (Fsp3) is 0.286. The minimum Gasteiger partial charge on any atom is -0.486 e. The molecule has 3 rings (SSSR count). The van der Waals surface area contributed by atoms with Crippen molar-refractivity contribution >= 4 is 17.6 Å². The smallest absolute Gasteiger partial charge is 0.344 e. The molecule has 0 atom stereocenters. The van der Waals surface area contributed by atoms with Gasteiger partial charge in [0.15, 0.2) is 36.3 Å². The second-order valence-corrected chi connectivity index (χ2v) is 6.16. The van der Waals surface area contributed by atoms with E-state index in [1.165, 1.54) is 23.1 Å². The molecule has 1 aliphatic rings. The Kier molecular flexibility index (Phi) is 7.05. The van der Waals surface area contributed by atoms with E-state index in [9.17, 15) is 14.0 Å². The number of halogens is 1. The maximum Gasteiger partial charge on any atom is 0.344 e. The molecule has 9 heteroatoms. The van der Waals surface area contributed by atoms with Crippen molar-refractivity contribution in [2.24, 2.45) is 0 Å². The van der Waals surface area contributed by atoms with Crippen molar-refractivity contribution in [1.82, 2.24) is 0 Å². The van der Waals surface area contributed by atoms with Crippen LogP contribution in [0.2, 0.25) is 0 Å². The van der Waals surface area contributed by atoms with Crippen molar-refractivity contribution in [3.05, 3.63) is 48.3 Å². The number of nitriles is 1. The molecular formula is C21H19FN2O6. The minimum atomic E-state index is -0.825. The standard InChI is InChI=1S/C21H19FN2O6/c22-16-4-1-2-5-17(16)29-14-21(26)30-13-20(25)24(9-3-8-23)15-6-7-18-19(12-15)28-11-10-27-18/h1-2,4-7,12H,3,9-11,13-14H2. The van der Waals surface area contributed by atoms with Gasteiger partial charge < -0.3 is 23.8 Å². The van der Waals surface area contributed by atoms with Crippen molar-refractivity contribution in [3.8, 4) is 23.3 Å². The van der Waals surface area contributed by atoms with E-state index in [1.807, 2.05) is 6.07 Å². The van der Waals surface area contributed by atoms with Crippen molar-refractivity contribution in [2.45, 2.75) is 6.42 Å². The molecule has 0 saturated carbocycles. The number of carbonyl (C=O) groups is 2. The van der Waals surface area contributed by atoms with Crippen LogP contribution >= 0.6 is 0 Å². The molecule has 0 aliphatic carbocycles. The first-order valence-electron chi connectivity index (χ1n) is 9.18. The van der Waals surface area contributed by atoms with Gasteiger partial charge in [-0.25, -0.2) is 9.18 Å². The van der Waals surface area contributed by atoms with E-state index < -0.39 is 30.9 Å². The summed E-state index contributed by atoms with van der Waals surface area (Å²) in [5, 5.41) is 8.89. The van der Waals surface area contributed by atoms with Gasteiger partial charge >= 0.3 is 5.97 Å². The van der Waals surface area contributed by atoms with Gasteiger partial charge in [-0.1, -0.05) is 12.1 Å². The van der Waals surface area contributed by atoms with Crippen LogP contribution in [0.15, 0.2) is 42.5 Å². The van der Waals surface area contributed by atoms with E-state index in [1.54, 1.807) is 24.3 Å². The van der Waals surface area contributed by atoms with Crippen molar-refractivity contribution in [2.75, 3.05) is 37.9 Å². The summed E-state index contributed by atoms with van der Waals surface area (Å²) in [6.07, 6.45) is 0.0878. The highest BCUT2D eigenvalue weighted by Crippen LogP contribution is 2.34. The lowest BCUT2D eigenvalue weighted by Crippen LogP contribution is -2.36. The molecule has 0 fully saturated rings. The highest BCUT2D eigenvalue weighted by atomic mass is 19.1. The Bertz CT molecular complexity index is 959. The zero-order valence-corrected chi connectivity index (χ0v) is 16.0. The highest BCUT2D eigenvalue weighted by Gasteiger charge is 2.21. The predicted octanol–water partition coefficient (Wildman–Crippen LogP) is 2.47. The Labute approximate surface area is 172 Å². The molecule has 0 unspecified atom stereocenters. The van der Waals surface area contributed by atoms with Crippen molar-refractivity contribution < 1.29 is 32.9 Å². The lowest BCUT2D eigenvalue weighted by atomic mass is 10.2. The summed E-state index contributed by atoms with van der Waals surface area (Å²) in [5.74, 6) is -0.997. The van der Waals surface area contributed by atoms with Crippen LogP contribution in [-0.2, 0) is 14.3 Å². The fourth-order valence-corrected chi connectivity index (χ4v) is 2.72. The van der Waals surface area contributed by atoms with Gasteiger partial charge in [0.2, 0.25) is 0 Å². The quantitative estimate of drug-likeness (QED) is 0.612. The number of carbonyl (C=O) groups excluding carboxylic acids is 2. The van der Waals surface area contributed by atoms with Crippen molar-refractivity contribution in [3.63, 3.8) is 0 Å². The number of anilines is 1. The Morgan fingerprint density at radius 1 is 1.10 bits per heavy atom. The number of esters is 1. The van der Waals surface area contributed by atoms with E-state index >= 15 is 0 Å². The first-order valence-corrected chi connectivity index (χ1v) is 9.18. The number of rotatable bonds is 8. The molecule has 1 heterocycles. The molecule has 8 nitrogen and oxygen atoms in total. The zero-order chi connectivity index (χ0) is 21.3. The van der Waals surface area contributed by atoms with Crippen LogP contribution in [0.5, 0.6) is 17.2 Å². The van der Waals surface area contributed by atoms with Crippen LogP contribution in [0.4, 0.5) is 10.1 Å². The molecule has 2 aromatic carbocycles. The number of hydrogen-bond donors (Lipinski definition) is 0. The molecule has 0 aromatic heterocycles. The molecule has 0 spiro atoms. The lowest BCUT2D eigenvalue weighted by Gasteiger charge is -2.24. The van der Waals surface area contributed by atoms with E-state index in [-0.39, 0.29) is 18.7 Å². The lowest BCUT2D eigenvalue weighted by molar-refractivity contribution is -0.149. The van der Waals surface area contributed by atoms with Gasteiger partial charge in [0.1, 0.15) is 13.2 Å². The summed E-state index contributed by atoms with van der Waals surface area (Å²) in [7, 11) is 0. The zero-order valence-electron chi connectivity index (χ0n) is 16.0. The molecule has 2 aromatic rings. The van der Waals surface area contributed by atoms with E-state index in [4.69, 9.17) is 24.2 Å². The summed E-state index contributed by atoms with van der Waals surface area (Å²) >= 11 is 0. The first-order chi connectivity index (χ1) is 14.6. The Morgan fingerprint density at radius 2 is 1.87 bits per heavy atom. The van der Waals surface area contributed by atoms with Crippen LogP contribution < -0.4 is 19.1 Å². The largest absolute Gasteiger partial charge is 0.486 e. The number of ether oxygens (including phenoxy) is 4. The van der Waals surface area contributed by atoms with E-state index in [0.717, 1.165) is 0 Å². The normalized spacial score (nSPS) is 11.9. The number of fused-ring (bicyclic) bond motifs is 1. The summed E-state index contributed by atoms with van der Waals surface area (Å²) in [6.45, 7) is -0.162. The molecule has 1 aliphatic heterocycles. The fourth-order valence-electron chi connectivity index (χ4n) is 2.72. The van der Waals surface area contributed by atoms with Crippen LogP contribution in [0.1, 0.15) is 6.42 Å². The number of hydrogen-bond acceptors (Lipinski definition) is 7. The second-order valence-electron chi connectivity index (χ2n) is 6.16. The number of benzene rings is 2. The maximum atomic E-state index is 13.5. The monoisotopic (exact) mass is 414 g/mol. The Hall–Kier alpha value is -3.80. The third-order valence-electron chi connectivity index (χ3n) is 4.12. The molecule has 30 heavy (non-hydrogen) atoms. The molecule has 156 valence electrons. The summed E-state index contributed by atoms with van der Waals surface area (Å²) < 4.78 is 34.5. The van der Waals surface area contributed by atoms with Crippen LogP contribution in [0.25, 0.3) is 0 Å². The van der Waals surface area contributed by atoms with Crippen molar-refractivity contribution in [1.29, 1.82) is 5.26 Å².